The number of nitrogens with one attached hydrogen (secondary N) is 2. The maximum absolute atomic E-state index is 14.4. The molecule has 0 unspecified atom stereocenters. The lowest BCUT2D eigenvalue weighted by molar-refractivity contribution is -0.145. The molecule has 1 saturated carbocycles. The lowest BCUT2D eigenvalue weighted by atomic mass is 10.0. The largest absolute Gasteiger partial charge is 0.497 e. The Kier molecular flexibility index (Phi) is 9.91. The number of carboxylic acids is 1. The summed E-state index contributed by atoms with van der Waals surface area (Å²) < 4.78 is 23.1. The highest BCUT2D eigenvalue weighted by Gasteiger charge is 2.61. The summed E-state index contributed by atoms with van der Waals surface area (Å²) in [6.45, 7) is 6.85. The number of fused-ring (bicyclic) bond motifs is 3. The lowest BCUT2D eigenvalue weighted by Crippen LogP contribution is -2.56. The Hall–Kier alpha value is -5.21. The third-order valence-electron chi connectivity index (χ3n) is 9.33. The van der Waals surface area contributed by atoms with Crippen molar-refractivity contribution in [1.82, 2.24) is 30.7 Å². The predicted octanol–water partition coefficient (Wildman–Crippen LogP) is 4.32. The van der Waals surface area contributed by atoms with E-state index in [1.807, 2.05) is 12.2 Å². The van der Waals surface area contributed by atoms with Gasteiger partial charge in [0.1, 0.15) is 46.5 Å². The summed E-state index contributed by atoms with van der Waals surface area (Å²) in [5, 5.41) is 24.4. The first-order valence-corrected chi connectivity index (χ1v) is 17.2. The van der Waals surface area contributed by atoms with Crippen molar-refractivity contribution in [1.29, 1.82) is 0 Å². The normalized spacial score (nSPS) is 26.2. The summed E-state index contributed by atoms with van der Waals surface area (Å²) >= 11 is 0. The number of carboxylic acid groups (broad SMARTS) is 1. The van der Waals surface area contributed by atoms with Crippen LogP contribution in [-0.2, 0) is 19.1 Å². The summed E-state index contributed by atoms with van der Waals surface area (Å²) in [5.41, 5.74) is -1.38. The number of hydrogen-bond donors (Lipinski definition) is 3. The molecule has 3 N–H and O–H groups in total. The maximum Gasteiger partial charge on any atom is 0.408 e. The number of aromatic nitrogens is 3. The topological polar surface area (TPSA) is 195 Å². The van der Waals surface area contributed by atoms with Crippen molar-refractivity contribution in [2.45, 2.75) is 102 Å². The molecule has 1 aliphatic carbocycles. The van der Waals surface area contributed by atoms with Crippen molar-refractivity contribution >= 4 is 34.8 Å². The third-order valence-corrected chi connectivity index (χ3v) is 9.33. The Labute approximate surface area is 295 Å². The van der Waals surface area contributed by atoms with E-state index in [4.69, 9.17) is 18.6 Å². The van der Waals surface area contributed by atoms with E-state index in [1.54, 1.807) is 59.1 Å². The number of hydrogen-bond acceptors (Lipinski definition) is 11. The van der Waals surface area contributed by atoms with E-state index in [9.17, 15) is 24.3 Å². The minimum Gasteiger partial charge on any atom is -0.497 e. The summed E-state index contributed by atoms with van der Waals surface area (Å²) in [6.07, 6.45) is 5.96. The Morgan fingerprint density at radius 1 is 1.14 bits per heavy atom. The van der Waals surface area contributed by atoms with Crippen LogP contribution in [0.25, 0.3) is 22.5 Å². The zero-order chi connectivity index (χ0) is 36.5. The summed E-state index contributed by atoms with van der Waals surface area (Å²) in [5.74, 6) is -1.09. The molecular weight excluding hydrogens is 660 g/mol. The second kappa shape index (κ2) is 14.2. The van der Waals surface area contributed by atoms with Crippen LogP contribution in [0.5, 0.6) is 11.5 Å². The zero-order valence-corrected chi connectivity index (χ0v) is 29.4. The molecular formula is C36H44N6O9. The molecule has 3 aliphatic rings. The SMILES string of the molecule is COc1ccc2c(O[C@@H]3C[C@H]4C(=O)N[C@]5(C(=O)O)C[C@H]5/C=C\CCCCC[C@H](NC(=O)OC(C)(C)C)C(=O)N4C3)cc(-c3nnc(C)o3)nc2c1. The number of carbonyl (C=O) groups excluding carboxylic acids is 3. The smallest absolute Gasteiger partial charge is 0.408 e. The van der Waals surface area contributed by atoms with Gasteiger partial charge in [-0.05, 0) is 58.6 Å². The first kappa shape index (κ1) is 35.6. The molecule has 15 nitrogen and oxygen atoms in total. The van der Waals surface area contributed by atoms with Crippen molar-refractivity contribution < 1.29 is 42.9 Å². The molecule has 272 valence electrons. The first-order valence-electron chi connectivity index (χ1n) is 17.2. The van der Waals surface area contributed by atoms with E-state index in [1.165, 1.54) is 4.90 Å². The quantitative estimate of drug-likeness (QED) is 0.308. The Balaban J connectivity index is 1.34. The van der Waals surface area contributed by atoms with Crippen LogP contribution in [0.2, 0.25) is 0 Å². The molecule has 2 fully saturated rings. The molecule has 2 aromatic heterocycles. The lowest BCUT2D eigenvalue weighted by Gasteiger charge is -2.30. The standard InChI is InChI=1S/C36H44N6O9/c1-20-40-41-31(49-20)27-17-29(24-14-13-22(48-5)15-26(24)37-27)50-23-16-28-30(43)39-36(33(45)46)18-21(36)11-9-7-6-8-10-12-25(32(44)42(28)19-23)38-34(47)51-35(2,3)4/h9,11,13-15,17,21,23,25,28H,6-8,10,12,16,18-19H2,1-5H3,(H,38,47)(H,39,43)(H,45,46)/b11-9-/t21-,23-,25+,28+,36-/m1/s1. The Morgan fingerprint density at radius 2 is 1.94 bits per heavy atom. The Morgan fingerprint density at radius 3 is 2.65 bits per heavy atom. The van der Waals surface area contributed by atoms with Gasteiger partial charge in [0.25, 0.3) is 5.89 Å². The molecule has 6 rings (SSSR count). The van der Waals surface area contributed by atoms with E-state index in [2.05, 4.69) is 25.8 Å². The van der Waals surface area contributed by atoms with Gasteiger partial charge in [0, 0.05) is 36.8 Å². The molecule has 1 saturated heterocycles. The fourth-order valence-corrected chi connectivity index (χ4v) is 6.69. The average Bonchev–Trinajstić information content (AvgIpc) is 3.34. The number of rotatable bonds is 6. The number of methoxy groups -OCH3 is 1. The highest BCUT2D eigenvalue weighted by Crippen LogP contribution is 2.45. The van der Waals surface area contributed by atoms with Crippen molar-refractivity contribution in [2.75, 3.05) is 13.7 Å². The van der Waals surface area contributed by atoms with Gasteiger partial charge >= 0.3 is 12.1 Å². The molecule has 0 bridgehead atoms. The van der Waals surface area contributed by atoms with Crippen molar-refractivity contribution in [2.24, 2.45) is 5.92 Å². The van der Waals surface area contributed by atoms with E-state index < -0.39 is 53.2 Å². The number of pyridine rings is 1. The molecule has 5 atom stereocenters. The van der Waals surface area contributed by atoms with Gasteiger partial charge in [-0.15, -0.1) is 10.2 Å². The third kappa shape index (κ3) is 7.92. The van der Waals surface area contributed by atoms with Crippen LogP contribution in [0.3, 0.4) is 0 Å². The number of nitrogens with zero attached hydrogens (tertiary/aromatic N) is 4. The maximum atomic E-state index is 14.4. The number of allylic oxidation sites excluding steroid dienone is 1. The zero-order valence-electron chi connectivity index (χ0n) is 29.4. The van der Waals surface area contributed by atoms with Crippen molar-refractivity contribution in [3.8, 4) is 23.1 Å². The molecule has 1 aromatic carbocycles. The molecule has 2 aliphatic heterocycles. The van der Waals surface area contributed by atoms with Crippen LogP contribution in [0.4, 0.5) is 4.79 Å². The predicted molar refractivity (Wildman–Crippen MR) is 183 cm³/mol. The number of alkyl carbamates (subject to hydrolysis) is 1. The van der Waals surface area contributed by atoms with Gasteiger partial charge < -0.3 is 39.3 Å². The summed E-state index contributed by atoms with van der Waals surface area (Å²) in [6, 6.07) is 4.89. The van der Waals surface area contributed by atoms with E-state index in [0.29, 0.717) is 46.8 Å². The molecule has 51 heavy (non-hydrogen) atoms. The Bertz CT molecular complexity index is 1850. The summed E-state index contributed by atoms with van der Waals surface area (Å²) in [4.78, 5) is 59.9. The van der Waals surface area contributed by atoms with Gasteiger partial charge in [-0.1, -0.05) is 25.0 Å². The van der Waals surface area contributed by atoms with E-state index >= 15 is 0 Å². The first-order chi connectivity index (χ1) is 24.3. The molecule has 0 radical (unpaired) electrons. The second-order valence-electron chi connectivity index (χ2n) is 14.3. The molecule has 3 amide bonds. The number of benzene rings is 1. The molecule has 3 aromatic rings. The minimum absolute atomic E-state index is 0.0121. The van der Waals surface area contributed by atoms with E-state index in [-0.39, 0.29) is 31.2 Å². The van der Waals surface area contributed by atoms with Gasteiger partial charge in [-0.25, -0.2) is 14.6 Å². The molecule has 4 heterocycles. The van der Waals surface area contributed by atoms with Gasteiger partial charge in [-0.3, -0.25) is 9.59 Å². The van der Waals surface area contributed by atoms with Crippen LogP contribution in [-0.4, -0.2) is 92.0 Å². The van der Waals surface area contributed by atoms with Crippen molar-refractivity contribution in [3.63, 3.8) is 0 Å². The number of amides is 3. The van der Waals surface area contributed by atoms with Crippen LogP contribution in [0.1, 0.15) is 71.6 Å². The van der Waals surface area contributed by atoms with E-state index in [0.717, 1.165) is 19.3 Å². The fourth-order valence-electron chi connectivity index (χ4n) is 6.69. The number of aliphatic carboxylic acids is 1. The summed E-state index contributed by atoms with van der Waals surface area (Å²) in [7, 11) is 1.55. The fraction of sp³-hybridized carbons (Fsp3) is 0.528. The molecule has 0 spiro atoms. The van der Waals surface area contributed by atoms with Gasteiger partial charge in [0.15, 0.2) is 0 Å². The molecule has 15 heteroatoms. The minimum atomic E-state index is -1.47. The van der Waals surface area contributed by atoms with Crippen LogP contribution in [0, 0.1) is 12.8 Å². The van der Waals surface area contributed by atoms with Gasteiger partial charge in [0.2, 0.25) is 17.7 Å². The van der Waals surface area contributed by atoms with Gasteiger partial charge in [-0.2, -0.15) is 0 Å². The number of aryl methyl sites for hydroxylation is 1. The average molecular weight is 705 g/mol. The number of carbonyl (C=O) groups is 4. The van der Waals surface area contributed by atoms with Crippen LogP contribution < -0.4 is 20.1 Å². The second-order valence-corrected chi connectivity index (χ2v) is 14.3. The number of ether oxygens (including phenoxy) is 3. The van der Waals surface area contributed by atoms with Crippen LogP contribution >= 0.6 is 0 Å². The van der Waals surface area contributed by atoms with Crippen molar-refractivity contribution in [3.05, 3.63) is 42.3 Å². The monoisotopic (exact) mass is 704 g/mol. The van der Waals surface area contributed by atoms with Gasteiger partial charge in [0.05, 0.1) is 19.2 Å². The van der Waals surface area contributed by atoms with Crippen LogP contribution in [0.15, 0.2) is 40.8 Å². The highest BCUT2D eigenvalue weighted by atomic mass is 16.6. The highest BCUT2D eigenvalue weighted by molar-refractivity contribution is 5.96.